The Labute approximate surface area is 83.8 Å². The molecule has 0 spiro atoms. The molecule has 0 atom stereocenters. The van der Waals surface area contributed by atoms with E-state index in [2.05, 4.69) is 24.9 Å². The van der Waals surface area contributed by atoms with E-state index in [1.807, 2.05) is 24.3 Å². The van der Waals surface area contributed by atoms with E-state index in [9.17, 15) is 4.79 Å². The van der Waals surface area contributed by atoms with Gasteiger partial charge in [0.1, 0.15) is 0 Å². The number of nitrogens with one attached hydrogen (secondary N) is 1. The van der Waals surface area contributed by atoms with Crippen LogP contribution in [0.5, 0.6) is 0 Å². The van der Waals surface area contributed by atoms with Gasteiger partial charge in [-0.25, -0.2) is 0 Å². The predicted molar refractivity (Wildman–Crippen MR) is 58.4 cm³/mol. The molecule has 1 aromatic rings. The summed E-state index contributed by atoms with van der Waals surface area (Å²) in [5, 5.41) is 2.37. The lowest BCUT2D eigenvalue weighted by molar-refractivity contribution is 0.270. The number of thiol groups is 1. The summed E-state index contributed by atoms with van der Waals surface area (Å²) in [6, 6.07) is 7.78. The van der Waals surface area contributed by atoms with E-state index >= 15 is 0 Å². The zero-order valence-corrected chi connectivity index (χ0v) is 8.47. The van der Waals surface area contributed by atoms with Gasteiger partial charge in [0.15, 0.2) is 0 Å². The van der Waals surface area contributed by atoms with E-state index < -0.39 is 0 Å². The number of amides is 1. The zero-order chi connectivity index (χ0) is 9.68. The highest BCUT2D eigenvalue weighted by Gasteiger charge is 2.01. The third kappa shape index (κ3) is 3.11. The van der Waals surface area contributed by atoms with Crippen LogP contribution < -0.4 is 5.32 Å². The van der Waals surface area contributed by atoms with Crippen LogP contribution in [0.15, 0.2) is 24.3 Å². The van der Waals surface area contributed by atoms with Crippen molar-refractivity contribution in [1.29, 1.82) is 0 Å². The smallest absolute Gasteiger partial charge is 0.280 e. The van der Waals surface area contributed by atoms with Gasteiger partial charge in [0, 0.05) is 5.69 Å². The second kappa shape index (κ2) is 4.92. The number of carbonyl (C=O) groups is 1. The van der Waals surface area contributed by atoms with Crippen LogP contribution in [0.3, 0.4) is 0 Å². The number of rotatable bonds is 3. The minimum atomic E-state index is -0.316. The highest BCUT2D eigenvalue weighted by Crippen LogP contribution is 2.16. The maximum atomic E-state index is 10.7. The second-order valence-corrected chi connectivity index (χ2v) is 3.24. The number of carbonyl (C=O) groups excluding carboxylic acids is 1. The number of anilines is 1. The first-order chi connectivity index (χ1) is 6.24. The Kier molecular flexibility index (Phi) is 3.83. The van der Waals surface area contributed by atoms with Crippen LogP contribution in [-0.4, -0.2) is 5.24 Å². The molecule has 0 aromatic heterocycles. The van der Waals surface area contributed by atoms with E-state index in [0.29, 0.717) is 0 Å². The molecule has 0 saturated carbocycles. The lowest BCUT2D eigenvalue weighted by atomic mass is 10.1. The molecule has 1 aromatic carbocycles. The summed E-state index contributed by atoms with van der Waals surface area (Å²) in [6.45, 7) is 2.11. The molecule has 0 aliphatic carbocycles. The van der Waals surface area contributed by atoms with Gasteiger partial charge in [-0.15, -0.1) is 0 Å². The number of hydrogen-bond acceptors (Lipinski definition) is 1. The van der Waals surface area contributed by atoms with Crippen LogP contribution in [0.1, 0.15) is 18.9 Å². The maximum Gasteiger partial charge on any atom is 0.280 e. The summed E-state index contributed by atoms with van der Waals surface area (Å²) in [7, 11) is 0. The van der Waals surface area contributed by atoms with Crippen molar-refractivity contribution in [3.8, 4) is 0 Å². The molecule has 1 N–H and O–H groups in total. The quantitative estimate of drug-likeness (QED) is 0.713. The van der Waals surface area contributed by atoms with Crippen LogP contribution in [0, 0.1) is 0 Å². The molecule has 0 unspecified atom stereocenters. The van der Waals surface area contributed by atoms with Crippen molar-refractivity contribution in [1.82, 2.24) is 0 Å². The number of benzene rings is 1. The molecule has 0 bridgehead atoms. The van der Waals surface area contributed by atoms with Gasteiger partial charge in [-0.3, -0.25) is 4.79 Å². The lowest BCUT2D eigenvalue weighted by Gasteiger charge is -2.07. The first-order valence-corrected chi connectivity index (χ1v) is 4.76. The van der Waals surface area contributed by atoms with Gasteiger partial charge < -0.3 is 5.32 Å². The van der Waals surface area contributed by atoms with Gasteiger partial charge in [-0.1, -0.05) is 44.2 Å². The van der Waals surface area contributed by atoms with Gasteiger partial charge in [0.2, 0.25) is 0 Å². The third-order valence-electron chi connectivity index (χ3n) is 1.78. The number of para-hydroxylation sites is 1. The largest absolute Gasteiger partial charge is 0.317 e. The summed E-state index contributed by atoms with van der Waals surface area (Å²) >= 11 is 3.67. The molecule has 0 radical (unpaired) electrons. The van der Waals surface area contributed by atoms with E-state index in [4.69, 9.17) is 0 Å². The minimum absolute atomic E-state index is 0.316. The first-order valence-electron chi connectivity index (χ1n) is 4.32. The van der Waals surface area contributed by atoms with E-state index in [-0.39, 0.29) is 5.24 Å². The lowest BCUT2D eigenvalue weighted by Crippen LogP contribution is -2.03. The van der Waals surface area contributed by atoms with Gasteiger partial charge >= 0.3 is 0 Å². The SMILES string of the molecule is CCCc1ccccc1NC(=O)S. The highest BCUT2D eigenvalue weighted by molar-refractivity contribution is 7.96. The minimum Gasteiger partial charge on any atom is -0.317 e. The van der Waals surface area contributed by atoms with Crippen molar-refractivity contribution in [3.63, 3.8) is 0 Å². The topological polar surface area (TPSA) is 29.1 Å². The Hall–Kier alpha value is -0.960. The summed E-state index contributed by atoms with van der Waals surface area (Å²) in [6.07, 6.45) is 2.05. The molecule has 2 nitrogen and oxygen atoms in total. The van der Waals surface area contributed by atoms with Crippen LogP contribution in [0.2, 0.25) is 0 Å². The van der Waals surface area contributed by atoms with E-state index in [1.54, 1.807) is 0 Å². The highest BCUT2D eigenvalue weighted by atomic mass is 32.1. The molecule has 1 rings (SSSR count). The number of aryl methyl sites for hydroxylation is 1. The Balaban J connectivity index is 2.84. The fourth-order valence-corrected chi connectivity index (χ4v) is 1.37. The molecule has 0 fully saturated rings. The standard InChI is InChI=1S/C10H13NOS/c1-2-5-8-6-3-4-7-9(8)11-10(12)13/h3-4,6-7H,2,5H2,1H3,(H2,11,12,13). The molecule has 0 saturated heterocycles. The molecular formula is C10H13NOS. The maximum absolute atomic E-state index is 10.7. The predicted octanol–water partition coefficient (Wildman–Crippen LogP) is 3.10. The Bertz CT molecular complexity index is 299. The average Bonchev–Trinajstić information content (AvgIpc) is 2.08. The van der Waals surface area contributed by atoms with Crippen LogP contribution in [0.4, 0.5) is 10.5 Å². The fourth-order valence-electron chi connectivity index (χ4n) is 1.24. The Morgan fingerprint density at radius 1 is 1.46 bits per heavy atom. The fraction of sp³-hybridized carbons (Fsp3) is 0.300. The summed E-state index contributed by atoms with van der Waals surface area (Å²) < 4.78 is 0. The van der Waals surface area contributed by atoms with Gasteiger partial charge in [-0.2, -0.15) is 0 Å². The molecular weight excluding hydrogens is 182 g/mol. The van der Waals surface area contributed by atoms with E-state index in [1.165, 1.54) is 0 Å². The molecule has 0 aliphatic rings. The molecule has 0 aliphatic heterocycles. The van der Waals surface area contributed by atoms with Crippen molar-refractivity contribution < 1.29 is 4.79 Å². The molecule has 0 heterocycles. The van der Waals surface area contributed by atoms with Gasteiger partial charge in [-0.05, 0) is 18.1 Å². The Morgan fingerprint density at radius 3 is 2.77 bits per heavy atom. The van der Waals surface area contributed by atoms with Crippen LogP contribution >= 0.6 is 12.6 Å². The zero-order valence-electron chi connectivity index (χ0n) is 7.58. The average molecular weight is 195 g/mol. The Morgan fingerprint density at radius 2 is 2.15 bits per heavy atom. The van der Waals surface area contributed by atoms with E-state index in [0.717, 1.165) is 24.1 Å². The molecule has 3 heteroatoms. The van der Waals surface area contributed by atoms with Crippen LogP contribution in [-0.2, 0) is 6.42 Å². The van der Waals surface area contributed by atoms with Crippen molar-refractivity contribution in [2.75, 3.05) is 5.32 Å². The van der Waals surface area contributed by atoms with Crippen molar-refractivity contribution in [2.24, 2.45) is 0 Å². The van der Waals surface area contributed by atoms with Crippen molar-refractivity contribution in [2.45, 2.75) is 19.8 Å². The molecule has 70 valence electrons. The first kappa shape index (κ1) is 10.1. The second-order valence-electron chi connectivity index (χ2n) is 2.84. The molecule has 1 amide bonds. The van der Waals surface area contributed by atoms with Crippen molar-refractivity contribution >= 4 is 23.6 Å². The van der Waals surface area contributed by atoms with Crippen molar-refractivity contribution in [3.05, 3.63) is 29.8 Å². The van der Waals surface area contributed by atoms with Gasteiger partial charge in [0.05, 0.1) is 0 Å². The van der Waals surface area contributed by atoms with Gasteiger partial charge in [0.25, 0.3) is 5.24 Å². The molecule has 13 heavy (non-hydrogen) atoms. The summed E-state index contributed by atoms with van der Waals surface area (Å²) in [5.74, 6) is 0. The summed E-state index contributed by atoms with van der Waals surface area (Å²) in [5.41, 5.74) is 2.02. The number of hydrogen-bond donors (Lipinski definition) is 2. The van der Waals surface area contributed by atoms with Crippen LogP contribution in [0.25, 0.3) is 0 Å². The monoisotopic (exact) mass is 195 g/mol. The summed E-state index contributed by atoms with van der Waals surface area (Å²) in [4.78, 5) is 10.7. The third-order valence-corrected chi connectivity index (χ3v) is 1.89. The normalized spacial score (nSPS) is 9.69.